The van der Waals surface area contributed by atoms with Crippen molar-refractivity contribution in [3.8, 4) is 17.2 Å². The van der Waals surface area contributed by atoms with Crippen LogP contribution in [0.4, 0.5) is 0 Å². The minimum atomic E-state index is -1.05. The van der Waals surface area contributed by atoms with Gasteiger partial charge < -0.3 is 29.5 Å². The van der Waals surface area contributed by atoms with Crippen molar-refractivity contribution in [2.45, 2.75) is 38.1 Å². The molecule has 11 heteroatoms. The lowest BCUT2D eigenvalue weighted by Crippen LogP contribution is -2.46. The summed E-state index contributed by atoms with van der Waals surface area (Å²) < 4.78 is 17.8. The molecular formula is C30H33N5O6. The molecule has 4 aromatic rings. The van der Waals surface area contributed by atoms with Crippen molar-refractivity contribution in [2.24, 2.45) is 0 Å². The fourth-order valence-corrected chi connectivity index (χ4v) is 4.96. The van der Waals surface area contributed by atoms with Gasteiger partial charge in [0.15, 0.2) is 11.5 Å². The van der Waals surface area contributed by atoms with E-state index in [1.165, 1.54) is 22.8 Å². The quantitative estimate of drug-likeness (QED) is 0.287. The highest BCUT2D eigenvalue weighted by atomic mass is 16.5. The molecule has 1 saturated heterocycles. The zero-order valence-corrected chi connectivity index (χ0v) is 23.0. The number of hydrogen-bond acceptors (Lipinski definition) is 8. The molecule has 0 unspecified atom stereocenters. The van der Waals surface area contributed by atoms with Crippen LogP contribution in [0.5, 0.6) is 17.2 Å². The molecule has 3 aromatic carbocycles. The third kappa shape index (κ3) is 6.41. The Kier molecular flexibility index (Phi) is 8.64. The number of hydrogen-bond donors (Lipinski definition) is 2. The van der Waals surface area contributed by atoms with Crippen molar-refractivity contribution < 1.29 is 28.9 Å². The van der Waals surface area contributed by atoms with Crippen molar-refractivity contribution in [1.82, 2.24) is 25.2 Å². The van der Waals surface area contributed by atoms with Crippen LogP contribution in [0.15, 0.2) is 66.7 Å². The molecule has 214 valence electrons. The van der Waals surface area contributed by atoms with Gasteiger partial charge in [0.1, 0.15) is 23.9 Å². The highest BCUT2D eigenvalue weighted by Gasteiger charge is 2.33. The second-order valence-corrected chi connectivity index (χ2v) is 9.82. The van der Waals surface area contributed by atoms with Crippen LogP contribution in [-0.4, -0.2) is 70.3 Å². The van der Waals surface area contributed by atoms with Gasteiger partial charge in [-0.1, -0.05) is 35.5 Å². The van der Waals surface area contributed by atoms with E-state index in [-0.39, 0.29) is 42.5 Å². The molecule has 0 radical (unpaired) electrons. The molecule has 1 aliphatic heterocycles. The van der Waals surface area contributed by atoms with Crippen molar-refractivity contribution in [1.29, 1.82) is 0 Å². The van der Waals surface area contributed by atoms with Crippen LogP contribution in [-0.2, 0) is 27.4 Å². The number of nitrogens with zero attached hydrogens (tertiary/aromatic N) is 4. The molecule has 41 heavy (non-hydrogen) atoms. The largest absolute Gasteiger partial charge is 0.504 e. The minimum Gasteiger partial charge on any atom is -0.504 e. The number of phenolic OH excluding ortho intramolecular Hbond substituents is 1. The first-order chi connectivity index (χ1) is 20.0. The number of phenols is 1. The molecule has 1 aliphatic rings. The van der Waals surface area contributed by atoms with Gasteiger partial charge in [-0.05, 0) is 60.4 Å². The Morgan fingerprint density at radius 1 is 1.12 bits per heavy atom. The fraction of sp³-hybridized carbons (Fsp3) is 0.333. The summed E-state index contributed by atoms with van der Waals surface area (Å²) in [6, 6.07) is 18.3. The fourth-order valence-electron chi connectivity index (χ4n) is 4.96. The van der Waals surface area contributed by atoms with E-state index in [0.717, 1.165) is 18.4 Å². The summed E-state index contributed by atoms with van der Waals surface area (Å²) in [5, 5.41) is 21.6. The standard InChI is InChI=1S/C30H33N5O6/c1-39-22-12-9-20(10-13-22)18-34(28(37)19-35-25-8-4-3-7-24(25)32-33-35)29(21-11-14-26(36)27(16-21)40-2)30(38)31-17-23-6-5-15-41-23/h3-4,7-14,16,23,29,36H,5-6,15,17-19H2,1-2H3,(H,31,38)/t23-,29+/m0/s1. The number of rotatable bonds is 11. The lowest BCUT2D eigenvalue weighted by molar-refractivity contribution is -0.142. The minimum absolute atomic E-state index is 0.0723. The predicted octanol–water partition coefficient (Wildman–Crippen LogP) is 3.22. The Labute approximate surface area is 237 Å². The third-order valence-corrected chi connectivity index (χ3v) is 7.15. The maximum atomic E-state index is 14.1. The predicted molar refractivity (Wildman–Crippen MR) is 150 cm³/mol. The number of carbonyl (C=O) groups is 2. The first-order valence-electron chi connectivity index (χ1n) is 13.4. The van der Waals surface area contributed by atoms with E-state index < -0.39 is 6.04 Å². The first kappa shape index (κ1) is 27.9. The maximum absolute atomic E-state index is 14.1. The number of amides is 2. The summed E-state index contributed by atoms with van der Waals surface area (Å²) in [6.45, 7) is 0.966. The number of nitrogens with one attached hydrogen (secondary N) is 1. The van der Waals surface area contributed by atoms with Crippen LogP contribution in [0.2, 0.25) is 0 Å². The number of benzene rings is 3. The molecule has 1 fully saturated rings. The van der Waals surface area contributed by atoms with Crippen LogP contribution in [0.3, 0.4) is 0 Å². The number of para-hydroxylation sites is 1. The Morgan fingerprint density at radius 3 is 2.66 bits per heavy atom. The number of ether oxygens (including phenoxy) is 3. The van der Waals surface area contributed by atoms with Gasteiger partial charge in [-0.15, -0.1) is 5.10 Å². The van der Waals surface area contributed by atoms with Crippen molar-refractivity contribution in [3.05, 3.63) is 77.9 Å². The summed E-state index contributed by atoms with van der Waals surface area (Å²) in [5.74, 6) is 0.0737. The molecule has 0 saturated carbocycles. The molecule has 0 spiro atoms. The zero-order chi connectivity index (χ0) is 28.8. The summed E-state index contributed by atoms with van der Waals surface area (Å²) >= 11 is 0. The second-order valence-electron chi connectivity index (χ2n) is 9.82. The number of aromatic hydroxyl groups is 1. The van der Waals surface area contributed by atoms with Gasteiger partial charge >= 0.3 is 0 Å². The van der Waals surface area contributed by atoms with Crippen LogP contribution in [0, 0.1) is 0 Å². The van der Waals surface area contributed by atoms with E-state index in [9.17, 15) is 14.7 Å². The second kappa shape index (κ2) is 12.7. The highest BCUT2D eigenvalue weighted by Crippen LogP contribution is 2.33. The van der Waals surface area contributed by atoms with Gasteiger partial charge in [0.2, 0.25) is 11.8 Å². The lowest BCUT2D eigenvalue weighted by Gasteiger charge is -2.32. The third-order valence-electron chi connectivity index (χ3n) is 7.15. The molecule has 0 aliphatic carbocycles. The number of aromatic nitrogens is 3. The smallest absolute Gasteiger partial charge is 0.247 e. The van der Waals surface area contributed by atoms with E-state index >= 15 is 0 Å². The molecule has 1 aromatic heterocycles. The average molecular weight is 560 g/mol. The number of methoxy groups -OCH3 is 2. The molecular weight excluding hydrogens is 526 g/mol. The topological polar surface area (TPSA) is 128 Å². The van der Waals surface area contributed by atoms with Crippen LogP contribution in [0.1, 0.15) is 30.0 Å². The van der Waals surface area contributed by atoms with E-state index in [1.54, 1.807) is 31.4 Å². The molecule has 0 bridgehead atoms. The maximum Gasteiger partial charge on any atom is 0.247 e. The van der Waals surface area contributed by atoms with Gasteiger partial charge in [0.25, 0.3) is 0 Å². The van der Waals surface area contributed by atoms with Gasteiger partial charge in [-0.3, -0.25) is 9.59 Å². The van der Waals surface area contributed by atoms with E-state index in [2.05, 4.69) is 15.6 Å². The van der Waals surface area contributed by atoms with Gasteiger partial charge in [0, 0.05) is 19.7 Å². The van der Waals surface area contributed by atoms with Crippen LogP contribution >= 0.6 is 0 Å². The average Bonchev–Trinajstić information content (AvgIpc) is 3.67. The molecule has 11 nitrogen and oxygen atoms in total. The monoisotopic (exact) mass is 559 g/mol. The van der Waals surface area contributed by atoms with E-state index in [0.29, 0.717) is 35.5 Å². The molecule has 5 rings (SSSR count). The first-order valence-corrected chi connectivity index (χ1v) is 13.4. The molecule has 2 amide bonds. The van der Waals surface area contributed by atoms with Crippen molar-refractivity contribution in [2.75, 3.05) is 27.4 Å². The summed E-state index contributed by atoms with van der Waals surface area (Å²) in [6.07, 6.45) is 1.71. The number of fused-ring (bicyclic) bond motifs is 1. The van der Waals surface area contributed by atoms with Gasteiger partial charge in [0.05, 0.1) is 25.8 Å². The van der Waals surface area contributed by atoms with Crippen LogP contribution in [0.25, 0.3) is 11.0 Å². The van der Waals surface area contributed by atoms with Gasteiger partial charge in [-0.2, -0.15) is 0 Å². The lowest BCUT2D eigenvalue weighted by atomic mass is 10.0. The zero-order valence-electron chi connectivity index (χ0n) is 23.0. The highest BCUT2D eigenvalue weighted by molar-refractivity contribution is 5.89. The van der Waals surface area contributed by atoms with E-state index in [1.807, 2.05) is 36.4 Å². The molecule has 2 N–H and O–H groups in total. The molecule has 2 atom stereocenters. The molecule has 2 heterocycles. The van der Waals surface area contributed by atoms with Crippen molar-refractivity contribution >= 4 is 22.8 Å². The van der Waals surface area contributed by atoms with Crippen LogP contribution < -0.4 is 14.8 Å². The normalized spacial score (nSPS) is 15.4. The Bertz CT molecular complexity index is 1500. The SMILES string of the molecule is COc1ccc(CN(C(=O)Cn2nnc3ccccc32)[C@@H](C(=O)NC[C@@H]2CCCO2)c2ccc(O)c(OC)c2)cc1. The van der Waals surface area contributed by atoms with Crippen molar-refractivity contribution in [3.63, 3.8) is 0 Å². The summed E-state index contributed by atoms with van der Waals surface area (Å²) in [5.41, 5.74) is 2.65. The summed E-state index contributed by atoms with van der Waals surface area (Å²) in [7, 11) is 3.02. The summed E-state index contributed by atoms with van der Waals surface area (Å²) in [4.78, 5) is 29.5. The Balaban J connectivity index is 1.53. The number of carbonyl (C=O) groups excluding carboxylic acids is 2. The Morgan fingerprint density at radius 2 is 1.93 bits per heavy atom. The van der Waals surface area contributed by atoms with Gasteiger partial charge in [-0.25, -0.2) is 4.68 Å². The van der Waals surface area contributed by atoms with E-state index in [4.69, 9.17) is 14.2 Å². The Hall–Kier alpha value is -4.64.